The van der Waals surface area contributed by atoms with Crippen molar-refractivity contribution in [3.05, 3.63) is 33.9 Å². The van der Waals surface area contributed by atoms with Gasteiger partial charge in [-0.25, -0.2) is 0 Å². The molecule has 1 aliphatic rings. The number of likely N-dealkylation sites (tertiary alicyclic amines) is 1. The molecule has 7 nitrogen and oxygen atoms in total. The number of benzene rings is 1. The number of nitro groups is 1. The summed E-state index contributed by atoms with van der Waals surface area (Å²) < 4.78 is 0. The number of nitro benzene ring substituents is 1. The lowest BCUT2D eigenvalue weighted by Gasteiger charge is -2.15. The molecule has 0 spiro atoms. The molecule has 1 aliphatic heterocycles. The number of Topliss-reactive ketones (excluding diaryl/α,β-unsaturated/α-hetero) is 1. The molecule has 0 saturated carbocycles. The zero-order valence-electron chi connectivity index (χ0n) is 12.7. The van der Waals surface area contributed by atoms with Crippen molar-refractivity contribution in [2.24, 2.45) is 5.92 Å². The number of anilines is 1. The van der Waals surface area contributed by atoms with Crippen molar-refractivity contribution in [3.63, 3.8) is 0 Å². The van der Waals surface area contributed by atoms with Gasteiger partial charge < -0.3 is 10.2 Å². The summed E-state index contributed by atoms with van der Waals surface area (Å²) in [5.41, 5.74) is 0.617. The van der Waals surface area contributed by atoms with E-state index in [1.54, 1.807) is 24.0 Å². The van der Waals surface area contributed by atoms with E-state index in [1.807, 2.05) is 0 Å². The highest BCUT2D eigenvalue weighted by Crippen LogP contribution is 2.27. The van der Waals surface area contributed by atoms with Crippen LogP contribution in [0.25, 0.3) is 0 Å². The van der Waals surface area contributed by atoms with Crippen LogP contribution in [0.5, 0.6) is 0 Å². The van der Waals surface area contributed by atoms with E-state index in [4.69, 9.17) is 0 Å². The van der Waals surface area contributed by atoms with Gasteiger partial charge in [-0.1, -0.05) is 0 Å². The van der Waals surface area contributed by atoms with Crippen molar-refractivity contribution in [2.45, 2.75) is 20.3 Å². The fourth-order valence-electron chi connectivity index (χ4n) is 2.59. The molecule has 1 fully saturated rings. The largest absolute Gasteiger partial charge is 0.379 e. The first-order valence-electron chi connectivity index (χ1n) is 7.17. The van der Waals surface area contributed by atoms with Crippen LogP contribution in [0.2, 0.25) is 0 Å². The lowest BCUT2D eigenvalue weighted by Crippen LogP contribution is -2.27. The van der Waals surface area contributed by atoms with Crippen LogP contribution in [-0.2, 0) is 4.79 Å². The number of hydrogen-bond acceptors (Lipinski definition) is 5. The zero-order valence-corrected chi connectivity index (χ0v) is 12.7. The Balaban J connectivity index is 2.05. The van der Waals surface area contributed by atoms with Crippen molar-refractivity contribution >= 4 is 23.1 Å². The summed E-state index contributed by atoms with van der Waals surface area (Å²) in [5.74, 6) is 0.123. The minimum atomic E-state index is -0.495. The molecule has 1 saturated heterocycles. The third-order valence-electron chi connectivity index (χ3n) is 3.91. The topological polar surface area (TPSA) is 92.6 Å². The number of carbonyl (C=O) groups is 2. The van der Waals surface area contributed by atoms with Crippen molar-refractivity contribution < 1.29 is 14.5 Å². The molecule has 7 heteroatoms. The molecule has 1 aromatic rings. The van der Waals surface area contributed by atoms with Gasteiger partial charge in [0.1, 0.15) is 5.69 Å². The summed E-state index contributed by atoms with van der Waals surface area (Å²) in [4.78, 5) is 35.0. The van der Waals surface area contributed by atoms with E-state index in [-0.39, 0.29) is 23.3 Å². The smallest absolute Gasteiger partial charge is 0.293 e. The van der Waals surface area contributed by atoms with Gasteiger partial charge >= 0.3 is 0 Å². The highest BCUT2D eigenvalue weighted by atomic mass is 16.6. The number of rotatable bonds is 5. The predicted octanol–water partition coefficient (Wildman–Crippen LogP) is 2.08. The van der Waals surface area contributed by atoms with E-state index in [1.165, 1.54) is 13.0 Å². The van der Waals surface area contributed by atoms with Crippen LogP contribution in [0.3, 0.4) is 0 Å². The van der Waals surface area contributed by atoms with Gasteiger partial charge in [-0.3, -0.25) is 19.7 Å². The Labute approximate surface area is 128 Å². The third kappa shape index (κ3) is 3.60. The van der Waals surface area contributed by atoms with E-state index in [0.29, 0.717) is 24.3 Å². The Morgan fingerprint density at radius 3 is 2.68 bits per heavy atom. The van der Waals surface area contributed by atoms with Crippen LogP contribution in [0.4, 0.5) is 11.4 Å². The second kappa shape index (κ2) is 6.55. The maximum Gasteiger partial charge on any atom is 0.293 e. The monoisotopic (exact) mass is 305 g/mol. The quantitative estimate of drug-likeness (QED) is 0.511. The fourth-order valence-corrected chi connectivity index (χ4v) is 2.59. The average Bonchev–Trinajstić information content (AvgIpc) is 2.93. The van der Waals surface area contributed by atoms with Gasteiger partial charge in [-0.15, -0.1) is 0 Å². The molecular weight excluding hydrogens is 286 g/mol. The van der Waals surface area contributed by atoms with Gasteiger partial charge in [-0.2, -0.15) is 0 Å². The molecule has 1 amide bonds. The minimum Gasteiger partial charge on any atom is -0.379 e. The summed E-state index contributed by atoms with van der Waals surface area (Å²) in [6.45, 7) is 4.88. The highest BCUT2D eigenvalue weighted by molar-refractivity contribution is 5.95. The lowest BCUT2D eigenvalue weighted by molar-refractivity contribution is -0.384. The number of amides is 1. The van der Waals surface area contributed by atoms with E-state index in [0.717, 1.165) is 13.0 Å². The van der Waals surface area contributed by atoms with Gasteiger partial charge in [0.05, 0.1) is 4.92 Å². The van der Waals surface area contributed by atoms with Gasteiger partial charge in [0.15, 0.2) is 5.78 Å². The summed E-state index contributed by atoms with van der Waals surface area (Å²) >= 11 is 0. The molecule has 22 heavy (non-hydrogen) atoms. The lowest BCUT2D eigenvalue weighted by atomic mass is 10.1. The molecule has 0 aliphatic carbocycles. The van der Waals surface area contributed by atoms with Gasteiger partial charge in [0, 0.05) is 38.2 Å². The number of carbonyl (C=O) groups excluding carboxylic acids is 2. The Hall–Kier alpha value is -2.44. The van der Waals surface area contributed by atoms with Crippen LogP contribution in [0, 0.1) is 16.0 Å². The SMILES string of the molecule is CC(=O)c1ccc(NCC2CCN(C(C)=O)C2)c([N+](=O)[O-])c1. The standard InChI is InChI=1S/C15H19N3O4/c1-10(19)13-3-4-14(15(7-13)18(21)22)16-8-12-5-6-17(9-12)11(2)20/h3-4,7,12,16H,5-6,8-9H2,1-2H3. The third-order valence-corrected chi connectivity index (χ3v) is 3.91. The van der Waals surface area contributed by atoms with Crippen LogP contribution in [0.1, 0.15) is 30.6 Å². The van der Waals surface area contributed by atoms with Crippen LogP contribution in [-0.4, -0.2) is 41.1 Å². The van der Waals surface area contributed by atoms with Gasteiger partial charge in [0.25, 0.3) is 5.69 Å². The molecule has 0 bridgehead atoms. The van der Waals surface area contributed by atoms with E-state index in [9.17, 15) is 19.7 Å². The molecule has 1 atom stereocenters. The maximum atomic E-state index is 11.3. The average molecular weight is 305 g/mol. The highest BCUT2D eigenvalue weighted by Gasteiger charge is 2.25. The molecule has 0 aromatic heterocycles. The molecule has 1 unspecified atom stereocenters. The molecule has 2 rings (SSSR count). The summed E-state index contributed by atoms with van der Waals surface area (Å²) in [6, 6.07) is 4.43. The number of nitrogens with one attached hydrogen (secondary N) is 1. The second-order valence-corrected chi connectivity index (χ2v) is 5.55. The molecule has 0 radical (unpaired) electrons. The first kappa shape index (κ1) is 15.9. The second-order valence-electron chi connectivity index (χ2n) is 5.55. The normalized spacial score (nSPS) is 17.4. The summed E-state index contributed by atoms with van der Waals surface area (Å²) in [5, 5.41) is 14.2. The van der Waals surface area contributed by atoms with E-state index in [2.05, 4.69) is 5.32 Å². The summed E-state index contributed by atoms with van der Waals surface area (Å²) in [7, 11) is 0. The molecular formula is C15H19N3O4. The van der Waals surface area contributed by atoms with Crippen LogP contribution in [0.15, 0.2) is 18.2 Å². The molecule has 1 N–H and O–H groups in total. The van der Waals surface area contributed by atoms with Crippen LogP contribution < -0.4 is 5.32 Å². The summed E-state index contributed by atoms with van der Waals surface area (Å²) in [6.07, 6.45) is 0.881. The molecule has 118 valence electrons. The minimum absolute atomic E-state index is 0.0549. The Kier molecular flexibility index (Phi) is 4.75. The predicted molar refractivity (Wildman–Crippen MR) is 82.0 cm³/mol. The fraction of sp³-hybridized carbons (Fsp3) is 0.467. The Bertz CT molecular complexity index is 615. The zero-order chi connectivity index (χ0) is 16.3. The first-order valence-corrected chi connectivity index (χ1v) is 7.17. The van der Waals surface area contributed by atoms with E-state index >= 15 is 0 Å². The van der Waals surface area contributed by atoms with Crippen molar-refractivity contribution in [1.82, 2.24) is 4.90 Å². The van der Waals surface area contributed by atoms with Crippen LogP contribution >= 0.6 is 0 Å². The van der Waals surface area contributed by atoms with Crippen molar-refractivity contribution in [2.75, 3.05) is 25.0 Å². The van der Waals surface area contributed by atoms with Crippen molar-refractivity contribution in [1.29, 1.82) is 0 Å². The Morgan fingerprint density at radius 1 is 1.41 bits per heavy atom. The Morgan fingerprint density at radius 2 is 2.14 bits per heavy atom. The molecule has 1 aromatic carbocycles. The van der Waals surface area contributed by atoms with Gasteiger partial charge in [0.2, 0.25) is 5.91 Å². The number of hydrogen-bond donors (Lipinski definition) is 1. The van der Waals surface area contributed by atoms with Gasteiger partial charge in [-0.05, 0) is 31.4 Å². The van der Waals surface area contributed by atoms with Crippen molar-refractivity contribution in [3.8, 4) is 0 Å². The van der Waals surface area contributed by atoms with E-state index < -0.39 is 4.92 Å². The first-order chi connectivity index (χ1) is 10.4. The number of nitrogens with zero attached hydrogens (tertiary/aromatic N) is 2. The molecule has 1 heterocycles. The maximum absolute atomic E-state index is 11.3. The number of ketones is 1.